The zero-order valence-corrected chi connectivity index (χ0v) is 18.4. The van der Waals surface area contributed by atoms with Crippen LogP contribution in [-0.4, -0.2) is 184 Å². The lowest BCUT2D eigenvalue weighted by molar-refractivity contribution is -0.355. The molecule has 35 heavy (non-hydrogen) atoms. The van der Waals surface area contributed by atoms with E-state index < -0.39 is 112 Å². The van der Waals surface area contributed by atoms with Crippen LogP contribution in [-0.2, 0) is 14.2 Å². The molecule has 1 unspecified atom stereocenters. The Morgan fingerprint density at radius 2 is 1.06 bits per heavy atom. The van der Waals surface area contributed by atoms with E-state index in [1.165, 1.54) is 0 Å². The van der Waals surface area contributed by atoms with Crippen molar-refractivity contribution < 1.29 is 85.7 Å². The smallest absolute Gasteiger partial charge is 0.187 e. The number of hydrogen-bond donors (Lipinski definition) is 14. The van der Waals surface area contributed by atoms with Crippen molar-refractivity contribution in [3.63, 3.8) is 0 Å². The Labute approximate surface area is 198 Å². The number of ether oxygens (including phenoxy) is 3. The number of aliphatic hydroxyl groups is 14. The fourth-order valence-corrected chi connectivity index (χ4v) is 3.24. The predicted octanol–water partition coefficient (Wildman–Crippen LogP) is -8.98. The fourth-order valence-electron chi connectivity index (χ4n) is 3.24. The van der Waals surface area contributed by atoms with E-state index in [9.17, 15) is 35.7 Å². The summed E-state index contributed by atoms with van der Waals surface area (Å²) in [5.41, 5.74) is 0. The molecule has 14 atom stereocenters. The van der Waals surface area contributed by atoms with Crippen LogP contribution >= 0.6 is 0 Å². The van der Waals surface area contributed by atoms with E-state index in [-0.39, 0.29) is 0 Å². The molecule has 2 aliphatic rings. The van der Waals surface area contributed by atoms with Gasteiger partial charge in [-0.2, -0.15) is 0 Å². The SMILES string of the molecule is OC[C@@H](O)[C@@H](O)[C@H](O)[C@H](O)CO.OC[C@H]1O[C@@H](O[C@H]2[C@H](O)[C@@H](O)C(O)O[C@@H]2CO)[C@H](O)[C@@H](O)[C@H]1O. The maximum atomic E-state index is 9.94. The van der Waals surface area contributed by atoms with E-state index >= 15 is 0 Å². The van der Waals surface area contributed by atoms with Crippen molar-refractivity contribution in [2.45, 2.75) is 85.8 Å². The van der Waals surface area contributed by atoms with Gasteiger partial charge in [-0.05, 0) is 0 Å². The first-order chi connectivity index (χ1) is 16.4. The minimum absolute atomic E-state index is 0.667. The molecule has 14 N–H and O–H groups in total. The highest BCUT2D eigenvalue weighted by Gasteiger charge is 2.50. The molecular weight excluding hydrogens is 488 g/mol. The van der Waals surface area contributed by atoms with E-state index in [2.05, 4.69) is 0 Å². The van der Waals surface area contributed by atoms with E-state index in [4.69, 9.17) is 50.0 Å². The van der Waals surface area contributed by atoms with Gasteiger partial charge in [0.1, 0.15) is 73.2 Å². The van der Waals surface area contributed by atoms with E-state index in [1.54, 1.807) is 0 Å². The zero-order chi connectivity index (χ0) is 27.0. The van der Waals surface area contributed by atoms with Crippen LogP contribution in [0.1, 0.15) is 0 Å². The molecule has 0 aromatic rings. The molecule has 2 saturated heterocycles. The van der Waals surface area contributed by atoms with Gasteiger partial charge in [-0.1, -0.05) is 0 Å². The van der Waals surface area contributed by atoms with Gasteiger partial charge >= 0.3 is 0 Å². The third kappa shape index (κ3) is 8.15. The predicted molar refractivity (Wildman–Crippen MR) is 107 cm³/mol. The van der Waals surface area contributed by atoms with Crippen molar-refractivity contribution in [3.05, 3.63) is 0 Å². The topological polar surface area (TPSA) is 311 Å². The highest BCUT2D eigenvalue weighted by atomic mass is 16.7. The average Bonchev–Trinajstić information content (AvgIpc) is 2.87. The first-order valence-electron chi connectivity index (χ1n) is 10.6. The standard InChI is InChI=1S/C12H22O11.C6H14O6/c13-1-3-5(15)6(16)9(19)12(22-3)23-10-4(2-14)21-11(20)8(18)7(10)17;7-1-3(9)5(11)6(12)4(10)2-8/h3-20H,1-2H2;3-12H,1-2H2/t3-,4-,5+,6+,7-,8-,9-,10-,11?,12+;3-,4-,5-,6-/m11/s1. The highest BCUT2D eigenvalue weighted by molar-refractivity contribution is 4.93. The molecule has 2 heterocycles. The normalized spacial score (nSPS) is 41.3. The Kier molecular flexibility index (Phi) is 13.8. The lowest BCUT2D eigenvalue weighted by Crippen LogP contribution is -2.64. The third-order valence-electron chi connectivity index (χ3n) is 5.49. The van der Waals surface area contributed by atoms with Crippen molar-refractivity contribution in [3.8, 4) is 0 Å². The average molecular weight is 524 g/mol. The number of hydrogen-bond acceptors (Lipinski definition) is 17. The molecule has 2 fully saturated rings. The van der Waals surface area contributed by atoms with Gasteiger partial charge in [0, 0.05) is 0 Å². The van der Waals surface area contributed by atoms with Crippen LogP contribution in [0.25, 0.3) is 0 Å². The van der Waals surface area contributed by atoms with Gasteiger partial charge < -0.3 is 85.7 Å². The van der Waals surface area contributed by atoms with Gasteiger partial charge in [-0.25, -0.2) is 0 Å². The largest absolute Gasteiger partial charge is 0.394 e. The van der Waals surface area contributed by atoms with Crippen LogP contribution in [0.15, 0.2) is 0 Å². The minimum atomic E-state index is -1.74. The van der Waals surface area contributed by atoms with Crippen LogP contribution in [0.3, 0.4) is 0 Å². The van der Waals surface area contributed by atoms with Crippen LogP contribution in [0.2, 0.25) is 0 Å². The maximum Gasteiger partial charge on any atom is 0.187 e. The highest BCUT2D eigenvalue weighted by Crippen LogP contribution is 2.28. The lowest BCUT2D eigenvalue weighted by Gasteiger charge is -2.45. The van der Waals surface area contributed by atoms with Gasteiger partial charge in [0.15, 0.2) is 12.6 Å². The summed E-state index contributed by atoms with van der Waals surface area (Å²) in [6.07, 6.45) is -22.0. The Morgan fingerprint density at radius 3 is 1.49 bits per heavy atom. The zero-order valence-electron chi connectivity index (χ0n) is 18.4. The number of rotatable bonds is 9. The van der Waals surface area contributed by atoms with Crippen LogP contribution in [0.4, 0.5) is 0 Å². The van der Waals surface area contributed by atoms with Gasteiger partial charge in [-0.15, -0.1) is 0 Å². The van der Waals surface area contributed by atoms with Crippen LogP contribution in [0.5, 0.6) is 0 Å². The molecule has 0 aromatic heterocycles. The summed E-state index contributed by atoms with van der Waals surface area (Å²) in [5.74, 6) is 0. The van der Waals surface area contributed by atoms with Gasteiger partial charge in [0.05, 0.1) is 26.4 Å². The second-order valence-corrected chi connectivity index (χ2v) is 8.01. The first-order valence-corrected chi connectivity index (χ1v) is 10.6. The number of aliphatic hydroxyl groups excluding tert-OH is 14. The summed E-state index contributed by atoms with van der Waals surface area (Å²) in [4.78, 5) is 0. The summed E-state index contributed by atoms with van der Waals surface area (Å²) in [6, 6.07) is 0. The molecule has 0 aliphatic carbocycles. The second-order valence-electron chi connectivity index (χ2n) is 8.01. The monoisotopic (exact) mass is 524 g/mol. The van der Waals surface area contributed by atoms with E-state index in [1.807, 2.05) is 0 Å². The summed E-state index contributed by atoms with van der Waals surface area (Å²) >= 11 is 0. The fraction of sp³-hybridized carbons (Fsp3) is 1.00. The van der Waals surface area contributed by atoms with Gasteiger partial charge in [0.2, 0.25) is 0 Å². The molecule has 0 spiro atoms. The second kappa shape index (κ2) is 14.9. The molecule has 0 amide bonds. The molecule has 0 saturated carbocycles. The van der Waals surface area contributed by atoms with Crippen molar-refractivity contribution >= 4 is 0 Å². The van der Waals surface area contributed by atoms with Crippen LogP contribution < -0.4 is 0 Å². The molecule has 0 bridgehead atoms. The quantitative estimate of drug-likeness (QED) is 0.133. The van der Waals surface area contributed by atoms with Crippen molar-refractivity contribution in [2.24, 2.45) is 0 Å². The molecule has 210 valence electrons. The summed E-state index contributed by atoms with van der Waals surface area (Å²) in [6.45, 7) is -2.80. The molecule has 0 radical (unpaired) electrons. The Morgan fingerprint density at radius 1 is 0.571 bits per heavy atom. The molecule has 17 nitrogen and oxygen atoms in total. The van der Waals surface area contributed by atoms with Crippen molar-refractivity contribution in [1.82, 2.24) is 0 Å². The van der Waals surface area contributed by atoms with E-state index in [0.29, 0.717) is 0 Å². The molecular formula is C18H36O17. The van der Waals surface area contributed by atoms with Gasteiger partial charge in [0.25, 0.3) is 0 Å². The Balaban J connectivity index is 0.000000434. The summed E-state index contributed by atoms with van der Waals surface area (Å²) in [5, 5.41) is 129. The van der Waals surface area contributed by atoms with E-state index in [0.717, 1.165) is 0 Å². The first kappa shape index (κ1) is 32.3. The minimum Gasteiger partial charge on any atom is -0.394 e. The third-order valence-corrected chi connectivity index (χ3v) is 5.49. The van der Waals surface area contributed by atoms with Crippen LogP contribution in [0, 0.1) is 0 Å². The Hall–Kier alpha value is -0.680. The van der Waals surface area contributed by atoms with Gasteiger partial charge in [-0.3, -0.25) is 0 Å². The lowest BCUT2D eigenvalue weighted by atomic mass is 9.97. The van der Waals surface area contributed by atoms with Crippen molar-refractivity contribution in [2.75, 3.05) is 26.4 Å². The van der Waals surface area contributed by atoms with Crippen molar-refractivity contribution in [1.29, 1.82) is 0 Å². The molecule has 2 aliphatic heterocycles. The summed E-state index contributed by atoms with van der Waals surface area (Å²) in [7, 11) is 0. The molecule has 0 aromatic carbocycles. The summed E-state index contributed by atoms with van der Waals surface area (Å²) < 4.78 is 15.3. The maximum absolute atomic E-state index is 9.94. The molecule has 2 rings (SSSR count). The molecule has 17 heteroatoms. The Bertz CT molecular complexity index is 567.